The number of halogens is 2. The monoisotopic (exact) mass is 918 g/mol. The smallest absolute Gasteiger partial charge is 0.332 e. The Labute approximate surface area is 336 Å². The van der Waals surface area contributed by atoms with Crippen molar-refractivity contribution >= 4 is 66.9 Å². The van der Waals surface area contributed by atoms with E-state index >= 15 is 0 Å². The molecule has 4 heterocycles. The van der Waals surface area contributed by atoms with Crippen molar-refractivity contribution in [3.63, 3.8) is 0 Å². The van der Waals surface area contributed by atoms with E-state index < -0.39 is 11.8 Å². The molecule has 0 spiro atoms. The van der Waals surface area contributed by atoms with Crippen molar-refractivity contribution in [3.8, 4) is 0 Å². The van der Waals surface area contributed by atoms with E-state index in [2.05, 4.69) is 60.4 Å². The summed E-state index contributed by atoms with van der Waals surface area (Å²) in [5, 5.41) is 18.3. The quantitative estimate of drug-likeness (QED) is 0.103. The number of aliphatic hydroxyl groups is 1. The van der Waals surface area contributed by atoms with Crippen molar-refractivity contribution in [2.45, 2.75) is 92.3 Å². The number of rotatable bonds is 14. The first kappa shape index (κ1) is 47.7. The molecule has 0 bridgehead atoms. The van der Waals surface area contributed by atoms with Gasteiger partial charge in [0.25, 0.3) is 24.1 Å². The van der Waals surface area contributed by atoms with E-state index in [4.69, 9.17) is 9.90 Å². The molecule has 288 valence electrons. The fourth-order valence-electron chi connectivity index (χ4n) is 5.57. The Kier molecular flexibility index (Phi) is 20.5. The number of aliphatic hydroxyl groups excluding tert-OH is 1. The fourth-order valence-corrected chi connectivity index (χ4v) is 6.63. The van der Waals surface area contributed by atoms with Gasteiger partial charge in [-0.2, -0.15) is 0 Å². The summed E-state index contributed by atoms with van der Waals surface area (Å²) < 4.78 is 11.2. The summed E-state index contributed by atoms with van der Waals surface area (Å²) in [5.74, 6) is 0.760. The van der Waals surface area contributed by atoms with E-state index in [1.807, 2.05) is 20.8 Å². The predicted molar refractivity (Wildman–Crippen MR) is 206 cm³/mol. The Bertz CT molecular complexity index is 2090. The van der Waals surface area contributed by atoms with Crippen LogP contribution in [0.5, 0.6) is 0 Å². The topological polar surface area (TPSA) is 198 Å². The first-order valence-electron chi connectivity index (χ1n) is 16.9. The van der Waals surface area contributed by atoms with Gasteiger partial charge in [0.15, 0.2) is 0 Å². The van der Waals surface area contributed by atoms with Gasteiger partial charge in [0, 0.05) is 73.6 Å². The van der Waals surface area contributed by atoms with Gasteiger partial charge in [-0.05, 0) is 81.4 Å². The number of hydrogen-bond acceptors (Lipinski definition) is 10. The van der Waals surface area contributed by atoms with Crippen molar-refractivity contribution in [1.82, 2.24) is 28.2 Å². The number of aryl methyl sites for hydroxylation is 3. The second kappa shape index (κ2) is 22.8. The van der Waals surface area contributed by atoms with Crippen LogP contribution in [0.25, 0.3) is 22.1 Å². The molecule has 2 N–H and O–H groups in total. The normalized spacial score (nSPS) is 11.4. The Hall–Kier alpha value is -3.34. The van der Waals surface area contributed by atoms with Gasteiger partial charge < -0.3 is 14.9 Å². The second-order valence-corrected chi connectivity index (χ2v) is 14.7. The molecular weight excluding hydrogens is 874 g/mol. The number of carboxylic acid groups (broad SMARTS) is 1. The average Bonchev–Trinajstić information content (AvgIpc) is 3.08. The van der Waals surface area contributed by atoms with E-state index in [1.165, 1.54) is 24.5 Å². The van der Waals surface area contributed by atoms with Crippen LogP contribution in [0.4, 0.5) is 0 Å². The third kappa shape index (κ3) is 12.1. The van der Waals surface area contributed by atoms with Crippen molar-refractivity contribution in [3.05, 3.63) is 74.1 Å². The number of nitrogens with zero attached hydrogens (tertiary/aromatic N) is 6. The van der Waals surface area contributed by atoms with Gasteiger partial charge in [-0.3, -0.25) is 37.4 Å². The number of fused-ring (bicyclic) bond motifs is 2. The molecule has 0 fully saturated rings. The minimum Gasteiger partial charge on any atom is -0.483 e. The van der Waals surface area contributed by atoms with Crippen LogP contribution in [0, 0.1) is 11.8 Å². The standard InChI is InChI=1S/C17H22BrN3O4.C17H24BrN3O3.CH2O2.Zn/c1-11(2)5-6-12-13(18)9-19-15-14(12)16(23)21(17(24)20(15)3)7-4-8-25-10-22;1-5-6-7-21-16(23)14-13(12(22)8-10(2)3)11(18)9-19-15(14)20(4)17(21)24;2-1-3;/h9-11H,4-8H2,1-3H3;9-10,12,22H,5-8H2,1-4H3;1H,(H,2,3);. The zero-order valence-corrected chi connectivity index (χ0v) is 37.4. The van der Waals surface area contributed by atoms with Gasteiger partial charge >= 0.3 is 11.4 Å². The van der Waals surface area contributed by atoms with Gasteiger partial charge in [-0.15, -0.1) is 0 Å². The third-order valence-electron chi connectivity index (χ3n) is 8.20. The zero-order chi connectivity index (χ0) is 39.3. The van der Waals surface area contributed by atoms with Gasteiger partial charge in [0.1, 0.15) is 11.3 Å². The molecule has 0 amide bonds. The number of aromatic nitrogens is 6. The van der Waals surface area contributed by atoms with Gasteiger partial charge in [0.2, 0.25) is 0 Å². The molecule has 0 aliphatic carbocycles. The molecule has 0 aliphatic rings. The van der Waals surface area contributed by atoms with E-state index in [0.29, 0.717) is 63.9 Å². The summed E-state index contributed by atoms with van der Waals surface area (Å²) in [6, 6.07) is 0. The summed E-state index contributed by atoms with van der Waals surface area (Å²) in [6.07, 6.45) is 6.56. The molecular formula is C35H48Br2N6O9Zn. The maximum atomic E-state index is 13.0. The molecule has 53 heavy (non-hydrogen) atoms. The molecule has 1 atom stereocenters. The Morgan fingerprint density at radius 1 is 0.830 bits per heavy atom. The number of carbonyl (C=O) groups is 2. The number of carbonyl (C=O) groups excluding carboxylic acids is 1. The summed E-state index contributed by atoms with van der Waals surface area (Å²) in [6.45, 7) is 11.1. The fraction of sp³-hybridized carbons (Fsp3) is 0.543. The van der Waals surface area contributed by atoms with E-state index in [1.54, 1.807) is 20.3 Å². The SMILES string of the molecule is CC(C)CCc1c(Br)cnc2c1c(=O)n(CCCOC=O)c(=O)n2C.CCCCn1c(=O)c2c(C(O)CC(C)C)c(Br)cnc2n(C)c1=O.O=CO.[Zn]. The van der Waals surface area contributed by atoms with Crippen molar-refractivity contribution in [2.24, 2.45) is 25.9 Å². The van der Waals surface area contributed by atoms with Gasteiger partial charge in [0.05, 0.1) is 23.5 Å². The molecule has 0 radical (unpaired) electrons. The van der Waals surface area contributed by atoms with Crippen molar-refractivity contribution < 1.29 is 44.0 Å². The van der Waals surface area contributed by atoms with Crippen LogP contribution < -0.4 is 22.5 Å². The van der Waals surface area contributed by atoms with Crippen LogP contribution in [0.3, 0.4) is 0 Å². The largest absolute Gasteiger partial charge is 0.483 e. The predicted octanol–water partition coefficient (Wildman–Crippen LogP) is 4.45. The molecule has 1 unspecified atom stereocenters. The Balaban J connectivity index is 0.000000485. The molecule has 4 aromatic heterocycles. The van der Waals surface area contributed by atoms with Crippen molar-refractivity contribution in [2.75, 3.05) is 6.61 Å². The number of unbranched alkanes of at least 4 members (excludes halogenated alkanes) is 1. The third-order valence-corrected chi connectivity index (χ3v) is 9.52. The minimum absolute atomic E-state index is 0. The van der Waals surface area contributed by atoms with E-state index in [0.717, 1.165) is 35.7 Å². The minimum atomic E-state index is -0.797. The van der Waals surface area contributed by atoms with Gasteiger partial charge in [-0.1, -0.05) is 41.0 Å². The summed E-state index contributed by atoms with van der Waals surface area (Å²) in [4.78, 5) is 78.0. The van der Waals surface area contributed by atoms with E-state index in [-0.39, 0.29) is 61.8 Å². The molecule has 4 aromatic rings. The molecule has 15 nitrogen and oxygen atoms in total. The number of ether oxygens (including phenoxy) is 1. The van der Waals surface area contributed by atoms with Crippen LogP contribution in [0.1, 0.15) is 84.0 Å². The van der Waals surface area contributed by atoms with Gasteiger partial charge in [-0.25, -0.2) is 19.6 Å². The van der Waals surface area contributed by atoms with Crippen LogP contribution in [0.2, 0.25) is 0 Å². The molecule has 18 heteroatoms. The number of pyridine rings is 2. The van der Waals surface area contributed by atoms with E-state index in [9.17, 15) is 29.1 Å². The maximum Gasteiger partial charge on any atom is 0.332 e. The summed E-state index contributed by atoms with van der Waals surface area (Å²) in [5.41, 5.74) is 0.547. The second-order valence-electron chi connectivity index (χ2n) is 13.0. The Morgan fingerprint density at radius 3 is 1.81 bits per heavy atom. The first-order chi connectivity index (χ1) is 24.6. The average molecular weight is 922 g/mol. The Morgan fingerprint density at radius 2 is 1.32 bits per heavy atom. The zero-order valence-electron chi connectivity index (χ0n) is 31.3. The van der Waals surface area contributed by atoms with Crippen LogP contribution in [-0.4, -0.2) is 58.0 Å². The molecule has 0 aliphatic heterocycles. The maximum absolute atomic E-state index is 13.0. The first-order valence-corrected chi connectivity index (χ1v) is 18.5. The number of hydrogen-bond donors (Lipinski definition) is 2. The van der Waals surface area contributed by atoms with Crippen LogP contribution >= 0.6 is 31.9 Å². The van der Waals surface area contributed by atoms with Crippen LogP contribution in [0.15, 0.2) is 40.5 Å². The van der Waals surface area contributed by atoms with Crippen LogP contribution in [-0.2, 0) is 67.4 Å². The molecule has 0 saturated heterocycles. The summed E-state index contributed by atoms with van der Waals surface area (Å²) in [7, 11) is 3.21. The summed E-state index contributed by atoms with van der Waals surface area (Å²) >= 11 is 6.89. The molecule has 0 saturated carbocycles. The van der Waals surface area contributed by atoms with Crippen molar-refractivity contribution in [1.29, 1.82) is 0 Å². The molecule has 0 aromatic carbocycles. The molecule has 4 rings (SSSR count).